The fraction of sp³-hybridized carbons (Fsp3) is 0.0417. The lowest BCUT2D eigenvalue weighted by Crippen LogP contribution is -2.21. The molecule has 7 nitrogen and oxygen atoms in total. The lowest BCUT2D eigenvalue weighted by Gasteiger charge is -2.05. The van der Waals surface area contributed by atoms with Crippen molar-refractivity contribution in [2.45, 2.75) is 0 Å². The normalized spacial score (nSPS) is 10.9. The zero-order valence-corrected chi connectivity index (χ0v) is 17.5. The zero-order valence-electron chi connectivity index (χ0n) is 16.7. The molecule has 0 saturated carbocycles. The van der Waals surface area contributed by atoms with Gasteiger partial charge in [-0.3, -0.25) is 15.1 Å². The Labute approximate surface area is 186 Å². The number of benzene rings is 3. The molecule has 0 aliphatic heterocycles. The van der Waals surface area contributed by atoms with Gasteiger partial charge < -0.3 is 4.74 Å². The quantitative estimate of drug-likeness (QED) is 0.398. The Hall–Kier alpha value is -4.17. The van der Waals surface area contributed by atoms with Crippen LogP contribution in [0.1, 0.15) is 10.5 Å². The molecule has 8 heteroatoms. The van der Waals surface area contributed by atoms with Gasteiger partial charge in [0.25, 0.3) is 5.91 Å². The van der Waals surface area contributed by atoms with Crippen molar-refractivity contribution in [2.24, 2.45) is 0 Å². The molecule has 2 aromatic heterocycles. The van der Waals surface area contributed by atoms with Crippen LogP contribution < -0.4 is 5.32 Å². The molecule has 0 saturated heterocycles. The number of rotatable bonds is 5. The predicted octanol–water partition coefficient (Wildman–Crippen LogP) is 4.70. The molecule has 0 atom stereocenters. The maximum absolute atomic E-state index is 12.2. The van der Waals surface area contributed by atoms with E-state index in [1.807, 2.05) is 41.8 Å². The summed E-state index contributed by atoms with van der Waals surface area (Å²) >= 11 is 1.30. The summed E-state index contributed by atoms with van der Waals surface area (Å²) in [6, 6.07) is 21.4. The molecule has 1 amide bonds. The highest BCUT2D eigenvalue weighted by atomic mass is 32.1. The average Bonchev–Trinajstić information content (AvgIpc) is 3.30. The molecule has 0 aliphatic rings. The van der Waals surface area contributed by atoms with Crippen molar-refractivity contribution in [3.63, 3.8) is 0 Å². The molecule has 0 aliphatic carbocycles. The third kappa shape index (κ3) is 4.17. The Morgan fingerprint density at radius 1 is 0.906 bits per heavy atom. The van der Waals surface area contributed by atoms with Crippen LogP contribution in [0.2, 0.25) is 0 Å². The minimum Gasteiger partial charge on any atom is -0.451 e. The van der Waals surface area contributed by atoms with Gasteiger partial charge in [-0.15, -0.1) is 11.3 Å². The molecule has 5 aromatic rings. The highest BCUT2D eigenvalue weighted by molar-refractivity contribution is 7.14. The van der Waals surface area contributed by atoms with Crippen LogP contribution in [0.4, 0.5) is 5.13 Å². The Morgan fingerprint density at radius 2 is 1.69 bits per heavy atom. The van der Waals surface area contributed by atoms with Gasteiger partial charge in [-0.2, -0.15) is 0 Å². The molecule has 32 heavy (non-hydrogen) atoms. The van der Waals surface area contributed by atoms with E-state index in [9.17, 15) is 9.59 Å². The number of fused-ring (bicyclic) bond motifs is 2. The highest BCUT2D eigenvalue weighted by Gasteiger charge is 2.14. The van der Waals surface area contributed by atoms with Gasteiger partial charge in [0, 0.05) is 10.9 Å². The van der Waals surface area contributed by atoms with Gasteiger partial charge in [0.1, 0.15) is 0 Å². The summed E-state index contributed by atoms with van der Waals surface area (Å²) in [7, 11) is 0. The summed E-state index contributed by atoms with van der Waals surface area (Å²) in [4.78, 5) is 37.3. The second-order valence-corrected chi connectivity index (χ2v) is 7.83. The molecule has 1 N–H and O–H groups in total. The Kier molecular flexibility index (Phi) is 5.27. The third-order valence-corrected chi connectivity index (χ3v) is 5.55. The molecule has 0 bridgehead atoms. The van der Waals surface area contributed by atoms with Gasteiger partial charge in [-0.25, -0.2) is 14.8 Å². The van der Waals surface area contributed by atoms with Crippen molar-refractivity contribution in [1.82, 2.24) is 15.0 Å². The lowest BCUT2D eigenvalue weighted by molar-refractivity contribution is -0.119. The number of para-hydroxylation sites is 2. The van der Waals surface area contributed by atoms with Gasteiger partial charge in [0.15, 0.2) is 17.4 Å². The number of carbonyl (C=O) groups is 2. The second kappa shape index (κ2) is 8.52. The molecule has 156 valence electrons. The average molecular weight is 440 g/mol. The molecule has 2 heterocycles. The molecule has 5 rings (SSSR count). The largest absolute Gasteiger partial charge is 0.451 e. The van der Waals surface area contributed by atoms with Crippen LogP contribution >= 0.6 is 11.3 Å². The number of aromatic nitrogens is 3. The van der Waals surface area contributed by atoms with Gasteiger partial charge in [0.2, 0.25) is 0 Å². The summed E-state index contributed by atoms with van der Waals surface area (Å²) in [6.45, 7) is -0.446. The Bertz CT molecular complexity index is 1460. The first-order valence-corrected chi connectivity index (χ1v) is 10.7. The van der Waals surface area contributed by atoms with Crippen LogP contribution in [0.15, 0.2) is 78.3 Å². The summed E-state index contributed by atoms with van der Waals surface area (Å²) in [5, 5.41) is 7.23. The monoisotopic (exact) mass is 440 g/mol. The van der Waals surface area contributed by atoms with Gasteiger partial charge in [-0.1, -0.05) is 48.5 Å². The van der Waals surface area contributed by atoms with Crippen LogP contribution in [0.3, 0.4) is 0 Å². The standard InChI is InChI=1S/C24H16N4O3S/c29-22(13-31-23(30)20-12-25-18-7-3-4-8-19(18)26-20)28-24-27-21(14-32-24)17-10-9-15-5-1-2-6-16(15)11-17/h1-12,14H,13H2,(H,27,28,29). The number of esters is 1. The van der Waals surface area contributed by atoms with Crippen LogP contribution in [-0.4, -0.2) is 33.4 Å². The van der Waals surface area contributed by atoms with E-state index in [4.69, 9.17) is 4.74 Å². The van der Waals surface area contributed by atoms with Crippen molar-refractivity contribution in [2.75, 3.05) is 11.9 Å². The van der Waals surface area contributed by atoms with E-state index < -0.39 is 18.5 Å². The fourth-order valence-corrected chi connectivity index (χ4v) is 3.96. The Balaban J connectivity index is 1.21. The van der Waals surface area contributed by atoms with Crippen molar-refractivity contribution >= 4 is 50.2 Å². The van der Waals surface area contributed by atoms with Crippen molar-refractivity contribution < 1.29 is 14.3 Å². The topological polar surface area (TPSA) is 94.1 Å². The number of carbonyl (C=O) groups excluding carboxylic acids is 2. The first-order chi connectivity index (χ1) is 15.7. The van der Waals surface area contributed by atoms with E-state index in [2.05, 4.69) is 32.4 Å². The maximum atomic E-state index is 12.2. The van der Waals surface area contributed by atoms with Crippen LogP contribution in [-0.2, 0) is 9.53 Å². The number of ether oxygens (including phenoxy) is 1. The molecule has 0 fully saturated rings. The van der Waals surface area contributed by atoms with E-state index >= 15 is 0 Å². The number of thiazole rings is 1. The number of anilines is 1. The summed E-state index contributed by atoms with van der Waals surface area (Å²) in [5.41, 5.74) is 3.02. The SMILES string of the molecule is O=C(COC(=O)c1cnc2ccccc2n1)Nc1nc(-c2ccc3ccccc3c2)cs1. The Morgan fingerprint density at radius 3 is 2.56 bits per heavy atom. The van der Waals surface area contributed by atoms with Crippen molar-refractivity contribution in [3.8, 4) is 11.3 Å². The number of hydrogen-bond acceptors (Lipinski definition) is 7. The van der Waals surface area contributed by atoms with E-state index in [-0.39, 0.29) is 5.69 Å². The van der Waals surface area contributed by atoms with E-state index in [0.717, 1.165) is 22.0 Å². The molecular formula is C24H16N4O3S. The summed E-state index contributed by atoms with van der Waals surface area (Å²) < 4.78 is 5.07. The highest BCUT2D eigenvalue weighted by Crippen LogP contribution is 2.27. The summed E-state index contributed by atoms with van der Waals surface area (Å²) in [5.74, 6) is -1.19. The van der Waals surface area contributed by atoms with E-state index in [1.165, 1.54) is 17.5 Å². The number of nitrogens with zero attached hydrogens (tertiary/aromatic N) is 3. The first kappa shape index (κ1) is 19.8. The summed E-state index contributed by atoms with van der Waals surface area (Å²) in [6.07, 6.45) is 1.33. The molecule has 0 spiro atoms. The molecule has 0 unspecified atom stereocenters. The van der Waals surface area contributed by atoms with Crippen molar-refractivity contribution in [1.29, 1.82) is 0 Å². The number of nitrogens with one attached hydrogen (secondary N) is 1. The van der Waals surface area contributed by atoms with Gasteiger partial charge in [-0.05, 0) is 29.0 Å². The lowest BCUT2D eigenvalue weighted by atomic mass is 10.1. The third-order valence-electron chi connectivity index (χ3n) is 4.79. The van der Waals surface area contributed by atoms with Crippen LogP contribution in [0.5, 0.6) is 0 Å². The smallest absolute Gasteiger partial charge is 0.359 e. The van der Waals surface area contributed by atoms with E-state index in [1.54, 1.807) is 18.2 Å². The second-order valence-electron chi connectivity index (χ2n) is 6.97. The van der Waals surface area contributed by atoms with Gasteiger partial charge in [0.05, 0.1) is 22.9 Å². The zero-order chi connectivity index (χ0) is 21.9. The minimum atomic E-state index is -0.714. The van der Waals surface area contributed by atoms with Crippen LogP contribution in [0, 0.1) is 0 Å². The number of amides is 1. The number of hydrogen-bond donors (Lipinski definition) is 1. The van der Waals surface area contributed by atoms with Crippen molar-refractivity contribution in [3.05, 3.63) is 84.0 Å². The van der Waals surface area contributed by atoms with Gasteiger partial charge >= 0.3 is 5.97 Å². The first-order valence-electron chi connectivity index (χ1n) is 9.79. The van der Waals surface area contributed by atoms with E-state index in [0.29, 0.717) is 16.2 Å². The maximum Gasteiger partial charge on any atom is 0.359 e. The fourth-order valence-electron chi connectivity index (χ4n) is 3.23. The predicted molar refractivity (Wildman–Crippen MR) is 124 cm³/mol. The molecule has 0 radical (unpaired) electrons. The molecule has 3 aromatic carbocycles. The minimum absolute atomic E-state index is 0.0457. The van der Waals surface area contributed by atoms with Crippen LogP contribution in [0.25, 0.3) is 33.1 Å². The molecular weight excluding hydrogens is 424 g/mol.